The Bertz CT molecular complexity index is 1670. The molecular formula is C30H27N5O4S2. The quantitative estimate of drug-likeness (QED) is 0.232. The molecule has 1 amide bonds. The fourth-order valence-corrected chi connectivity index (χ4v) is 8.68. The molecule has 41 heavy (non-hydrogen) atoms. The first kappa shape index (κ1) is 27.1. The standard InChI is InChI=1S/C30H27N5O4S2/c1-2-11-30(16-20-9-12-32-13-10-20)29(37)35(26(33-30)15-25(36)22-7-5-21(17-31)6-8-22)28-23-18-34(19-24(23)28)41(38,39)27-4-3-14-40-27/h2-10,12-15,23-24,28,33H,1,11,16,18-19H2. The molecule has 1 saturated carbocycles. The Kier molecular flexibility index (Phi) is 6.85. The molecule has 3 atom stereocenters. The van der Waals surface area contributed by atoms with Crippen LogP contribution in [0.15, 0.2) is 95.1 Å². The molecule has 1 aromatic carbocycles. The van der Waals surface area contributed by atoms with Crippen molar-refractivity contribution in [3.05, 3.63) is 108 Å². The SMILES string of the molecule is C=CCC1(Cc2ccncc2)NC(=CC(=O)c2ccc(C#N)cc2)N(C2C3CN(S(=O)(=O)c4cccs4)CC32)C1=O. The highest BCUT2D eigenvalue weighted by molar-refractivity contribution is 7.91. The lowest BCUT2D eigenvalue weighted by atomic mass is 9.87. The van der Waals surface area contributed by atoms with Crippen LogP contribution in [0.1, 0.15) is 27.9 Å². The molecule has 9 nitrogen and oxygen atoms in total. The number of aromatic nitrogens is 1. The van der Waals surface area contributed by atoms with Gasteiger partial charge in [-0.15, -0.1) is 17.9 Å². The summed E-state index contributed by atoms with van der Waals surface area (Å²) in [5, 5.41) is 14.2. The maximum Gasteiger partial charge on any atom is 0.254 e. The van der Waals surface area contributed by atoms with Gasteiger partial charge in [-0.3, -0.25) is 19.5 Å². The molecule has 11 heteroatoms. The van der Waals surface area contributed by atoms with Gasteiger partial charge in [-0.1, -0.05) is 12.1 Å². The van der Waals surface area contributed by atoms with E-state index in [1.165, 1.54) is 21.7 Å². The highest BCUT2D eigenvalue weighted by atomic mass is 32.2. The molecule has 2 aromatic heterocycles. The fourth-order valence-electron chi connectivity index (χ4n) is 6.02. The number of rotatable bonds is 9. The van der Waals surface area contributed by atoms with Gasteiger partial charge in [0, 0.05) is 61.4 Å². The van der Waals surface area contributed by atoms with E-state index in [4.69, 9.17) is 5.26 Å². The molecule has 2 saturated heterocycles. The maximum atomic E-state index is 14.3. The second-order valence-electron chi connectivity index (χ2n) is 10.6. The molecule has 0 spiro atoms. The molecule has 1 N–H and O–H groups in total. The Morgan fingerprint density at radius 1 is 1.17 bits per heavy atom. The number of amides is 1. The van der Waals surface area contributed by atoms with Crippen LogP contribution in [0.4, 0.5) is 0 Å². The summed E-state index contributed by atoms with van der Waals surface area (Å²) in [7, 11) is -3.58. The molecule has 3 aromatic rings. The average molecular weight is 586 g/mol. The first-order chi connectivity index (χ1) is 19.8. The van der Waals surface area contributed by atoms with Crippen molar-refractivity contribution in [2.45, 2.75) is 28.6 Å². The number of pyridine rings is 1. The zero-order chi connectivity index (χ0) is 28.8. The maximum absolute atomic E-state index is 14.3. The Labute approximate surface area is 242 Å². The number of carbonyl (C=O) groups excluding carboxylic acids is 2. The summed E-state index contributed by atoms with van der Waals surface area (Å²) in [5.74, 6) is -0.151. The Morgan fingerprint density at radius 2 is 1.88 bits per heavy atom. The van der Waals surface area contributed by atoms with Gasteiger partial charge in [0.15, 0.2) is 5.78 Å². The van der Waals surface area contributed by atoms with Gasteiger partial charge < -0.3 is 5.32 Å². The number of piperidine rings is 1. The largest absolute Gasteiger partial charge is 0.357 e. The number of ketones is 1. The second-order valence-corrected chi connectivity index (χ2v) is 13.7. The topological polar surface area (TPSA) is 123 Å². The predicted octanol–water partition coefficient (Wildman–Crippen LogP) is 3.35. The van der Waals surface area contributed by atoms with Crippen molar-refractivity contribution in [2.24, 2.45) is 11.8 Å². The van der Waals surface area contributed by atoms with Crippen molar-refractivity contribution in [3.63, 3.8) is 0 Å². The van der Waals surface area contributed by atoms with Crippen molar-refractivity contribution in [2.75, 3.05) is 13.1 Å². The molecule has 4 heterocycles. The van der Waals surface area contributed by atoms with E-state index in [1.54, 1.807) is 65.1 Å². The minimum atomic E-state index is -3.58. The van der Waals surface area contributed by atoms with Gasteiger partial charge in [-0.2, -0.15) is 9.57 Å². The summed E-state index contributed by atoms with van der Waals surface area (Å²) in [6.07, 6.45) is 7.16. The van der Waals surface area contributed by atoms with Crippen LogP contribution in [0.2, 0.25) is 0 Å². The number of sulfonamides is 1. The van der Waals surface area contributed by atoms with Crippen LogP contribution < -0.4 is 5.32 Å². The van der Waals surface area contributed by atoms with Gasteiger partial charge in [0.25, 0.3) is 15.9 Å². The third-order valence-electron chi connectivity index (χ3n) is 8.07. The molecule has 3 aliphatic rings. The van der Waals surface area contributed by atoms with Gasteiger partial charge >= 0.3 is 0 Å². The number of benzene rings is 1. The number of nitrogens with one attached hydrogen (secondary N) is 1. The average Bonchev–Trinajstić information content (AvgIpc) is 3.41. The van der Waals surface area contributed by atoms with Crippen molar-refractivity contribution in [1.29, 1.82) is 5.26 Å². The van der Waals surface area contributed by atoms with E-state index >= 15 is 0 Å². The van der Waals surface area contributed by atoms with Crippen LogP contribution in [-0.4, -0.2) is 59.0 Å². The zero-order valence-corrected chi connectivity index (χ0v) is 23.6. The van der Waals surface area contributed by atoms with Crippen LogP contribution in [0, 0.1) is 23.2 Å². The predicted molar refractivity (Wildman–Crippen MR) is 153 cm³/mol. The van der Waals surface area contributed by atoms with Gasteiger partial charge in [-0.25, -0.2) is 8.42 Å². The molecule has 3 unspecified atom stereocenters. The van der Waals surface area contributed by atoms with Crippen LogP contribution in [0.3, 0.4) is 0 Å². The molecule has 208 valence electrons. The van der Waals surface area contributed by atoms with E-state index in [-0.39, 0.29) is 29.6 Å². The van der Waals surface area contributed by atoms with E-state index in [9.17, 15) is 18.0 Å². The first-order valence-corrected chi connectivity index (χ1v) is 15.5. The summed E-state index contributed by atoms with van der Waals surface area (Å²) in [5.41, 5.74) is 0.691. The third-order valence-corrected chi connectivity index (χ3v) is 11.3. The van der Waals surface area contributed by atoms with Crippen LogP contribution in [0.25, 0.3) is 0 Å². The van der Waals surface area contributed by atoms with Crippen molar-refractivity contribution >= 4 is 33.1 Å². The summed E-state index contributed by atoms with van der Waals surface area (Å²) < 4.78 is 28.0. The third kappa shape index (κ3) is 4.78. The molecule has 1 aliphatic carbocycles. The molecule has 0 bridgehead atoms. The molecular weight excluding hydrogens is 558 g/mol. The zero-order valence-electron chi connectivity index (χ0n) is 22.0. The van der Waals surface area contributed by atoms with Gasteiger partial charge in [-0.05, 0) is 59.8 Å². The number of fused-ring (bicyclic) bond motifs is 1. The number of allylic oxidation sites excluding steroid dienone is 1. The summed E-state index contributed by atoms with van der Waals surface area (Å²) in [6.45, 7) is 4.52. The van der Waals surface area contributed by atoms with Gasteiger partial charge in [0.2, 0.25) is 0 Å². The summed E-state index contributed by atoms with van der Waals surface area (Å²) in [4.78, 5) is 33.4. The lowest BCUT2D eigenvalue weighted by Crippen LogP contribution is -2.49. The monoisotopic (exact) mass is 585 g/mol. The summed E-state index contributed by atoms with van der Waals surface area (Å²) >= 11 is 1.19. The smallest absolute Gasteiger partial charge is 0.254 e. The first-order valence-electron chi connectivity index (χ1n) is 13.2. The molecule has 6 rings (SSSR count). The number of nitrogens with zero attached hydrogens (tertiary/aromatic N) is 4. The van der Waals surface area contributed by atoms with E-state index in [0.717, 1.165) is 5.56 Å². The van der Waals surface area contributed by atoms with Crippen LogP contribution in [-0.2, 0) is 21.2 Å². The van der Waals surface area contributed by atoms with E-state index in [2.05, 4.69) is 16.9 Å². The second kappa shape index (κ2) is 10.4. The fraction of sp³-hybridized carbons (Fsp3) is 0.267. The summed E-state index contributed by atoms with van der Waals surface area (Å²) in [6, 6.07) is 15.2. The van der Waals surface area contributed by atoms with Crippen molar-refractivity contribution in [1.82, 2.24) is 19.5 Å². The van der Waals surface area contributed by atoms with Crippen molar-refractivity contribution in [3.8, 4) is 6.07 Å². The number of nitriles is 1. The Balaban J connectivity index is 1.32. The normalized spacial score (nSPS) is 26.4. The lowest BCUT2D eigenvalue weighted by molar-refractivity contribution is -0.132. The number of carbonyl (C=O) groups is 2. The minimum Gasteiger partial charge on any atom is -0.357 e. The Hall–Kier alpha value is -4.11. The van der Waals surface area contributed by atoms with E-state index < -0.39 is 15.6 Å². The lowest BCUT2D eigenvalue weighted by Gasteiger charge is -2.27. The van der Waals surface area contributed by atoms with Gasteiger partial charge in [0.05, 0.1) is 11.6 Å². The molecule has 2 aliphatic heterocycles. The highest BCUT2D eigenvalue weighted by Crippen LogP contribution is 2.53. The van der Waals surface area contributed by atoms with Crippen molar-refractivity contribution < 1.29 is 18.0 Å². The minimum absolute atomic E-state index is 0.0376. The van der Waals surface area contributed by atoms with Gasteiger partial charge in [0.1, 0.15) is 15.6 Å². The number of hydrogen-bond donors (Lipinski definition) is 1. The van der Waals surface area contributed by atoms with E-state index in [1.807, 2.05) is 18.2 Å². The van der Waals surface area contributed by atoms with Crippen LogP contribution in [0.5, 0.6) is 0 Å². The highest BCUT2D eigenvalue weighted by Gasteiger charge is 2.65. The van der Waals surface area contributed by atoms with E-state index in [0.29, 0.717) is 47.1 Å². The molecule has 3 fully saturated rings. The number of hydrogen-bond acceptors (Lipinski definition) is 8. The number of thiophene rings is 1. The molecule has 0 radical (unpaired) electrons. The van der Waals surface area contributed by atoms with Crippen LogP contribution >= 0.6 is 11.3 Å². The Morgan fingerprint density at radius 3 is 2.49 bits per heavy atom.